The summed E-state index contributed by atoms with van der Waals surface area (Å²) < 4.78 is 0. The van der Waals surface area contributed by atoms with Gasteiger partial charge in [0, 0.05) is 0 Å². The van der Waals surface area contributed by atoms with Crippen molar-refractivity contribution in [3.63, 3.8) is 0 Å². The SMILES string of the molecule is CC1CC(C)C2C1CC1C(C)CC(C)C12. The molecule has 0 amide bonds. The second kappa shape index (κ2) is 3.25. The van der Waals surface area contributed by atoms with E-state index in [0.29, 0.717) is 0 Å². The van der Waals surface area contributed by atoms with E-state index >= 15 is 0 Å². The van der Waals surface area contributed by atoms with Crippen LogP contribution < -0.4 is 0 Å². The minimum atomic E-state index is 1.02. The molecule has 0 heteroatoms. The van der Waals surface area contributed by atoms with Gasteiger partial charge in [-0.1, -0.05) is 27.7 Å². The average molecular weight is 206 g/mol. The van der Waals surface area contributed by atoms with Crippen LogP contribution in [0.3, 0.4) is 0 Å². The Balaban J connectivity index is 1.89. The molecule has 3 aliphatic carbocycles. The van der Waals surface area contributed by atoms with Gasteiger partial charge in [-0.2, -0.15) is 0 Å². The Hall–Kier alpha value is 0. The van der Waals surface area contributed by atoms with E-state index in [1.54, 1.807) is 6.42 Å². The van der Waals surface area contributed by atoms with E-state index in [4.69, 9.17) is 0 Å². The first-order valence-electron chi connectivity index (χ1n) is 7.09. The first-order chi connectivity index (χ1) is 7.09. The van der Waals surface area contributed by atoms with Gasteiger partial charge in [-0.15, -0.1) is 0 Å². The summed E-state index contributed by atoms with van der Waals surface area (Å²) in [5, 5.41) is 0. The molecule has 15 heavy (non-hydrogen) atoms. The largest absolute Gasteiger partial charge is 0.0622 e. The number of hydrogen-bond donors (Lipinski definition) is 0. The second-order valence-electron chi connectivity index (χ2n) is 7.10. The maximum atomic E-state index is 2.53. The van der Waals surface area contributed by atoms with Crippen LogP contribution in [0.2, 0.25) is 0 Å². The topological polar surface area (TPSA) is 0 Å². The molecular weight excluding hydrogens is 180 g/mol. The Morgan fingerprint density at radius 3 is 1.33 bits per heavy atom. The highest BCUT2D eigenvalue weighted by molar-refractivity contribution is 5.05. The molecular formula is C15H26. The number of rotatable bonds is 0. The third-order valence-corrected chi connectivity index (χ3v) is 6.24. The van der Waals surface area contributed by atoms with Crippen LogP contribution in [0, 0.1) is 47.3 Å². The van der Waals surface area contributed by atoms with E-state index in [2.05, 4.69) is 27.7 Å². The highest BCUT2D eigenvalue weighted by Gasteiger charge is 2.56. The number of fused-ring (bicyclic) bond motifs is 3. The smallest absolute Gasteiger partial charge is 0.0324 e. The van der Waals surface area contributed by atoms with Crippen LogP contribution in [-0.4, -0.2) is 0 Å². The molecule has 0 bridgehead atoms. The Morgan fingerprint density at radius 2 is 0.933 bits per heavy atom. The molecule has 0 saturated heterocycles. The molecule has 3 saturated carbocycles. The quantitative estimate of drug-likeness (QED) is 0.557. The average Bonchev–Trinajstić information content (AvgIpc) is 2.72. The lowest BCUT2D eigenvalue weighted by molar-refractivity contribution is 0.217. The molecule has 0 aromatic carbocycles. The lowest BCUT2D eigenvalue weighted by atomic mass is 9.79. The van der Waals surface area contributed by atoms with Gasteiger partial charge in [-0.25, -0.2) is 0 Å². The molecule has 8 atom stereocenters. The maximum absolute atomic E-state index is 2.53. The minimum Gasteiger partial charge on any atom is -0.0622 e. The minimum absolute atomic E-state index is 1.02. The summed E-state index contributed by atoms with van der Waals surface area (Å²) in [7, 11) is 0. The zero-order valence-electron chi connectivity index (χ0n) is 10.7. The summed E-state index contributed by atoms with van der Waals surface area (Å²) >= 11 is 0. The monoisotopic (exact) mass is 206 g/mol. The summed E-state index contributed by atoms with van der Waals surface area (Å²) in [6.07, 6.45) is 4.60. The third kappa shape index (κ3) is 1.26. The fourth-order valence-electron chi connectivity index (χ4n) is 5.86. The van der Waals surface area contributed by atoms with Crippen molar-refractivity contribution in [2.45, 2.75) is 47.0 Å². The molecule has 0 spiro atoms. The van der Waals surface area contributed by atoms with Crippen LogP contribution in [0.4, 0.5) is 0 Å². The van der Waals surface area contributed by atoms with Crippen molar-refractivity contribution >= 4 is 0 Å². The first kappa shape index (κ1) is 10.2. The molecule has 0 aromatic heterocycles. The van der Waals surface area contributed by atoms with Crippen molar-refractivity contribution in [3.05, 3.63) is 0 Å². The number of hydrogen-bond acceptors (Lipinski definition) is 0. The van der Waals surface area contributed by atoms with Gasteiger partial charge in [0.1, 0.15) is 0 Å². The lowest BCUT2D eigenvalue weighted by Crippen LogP contribution is -2.21. The van der Waals surface area contributed by atoms with Crippen molar-refractivity contribution in [1.29, 1.82) is 0 Å². The molecule has 8 unspecified atom stereocenters. The Kier molecular flexibility index (Phi) is 2.20. The summed E-state index contributed by atoms with van der Waals surface area (Å²) in [4.78, 5) is 0. The summed E-state index contributed by atoms with van der Waals surface area (Å²) in [5.41, 5.74) is 0. The van der Waals surface area contributed by atoms with Gasteiger partial charge < -0.3 is 0 Å². The van der Waals surface area contributed by atoms with E-state index in [0.717, 1.165) is 47.3 Å². The normalized spacial score (nSPS) is 63.2. The molecule has 3 aliphatic rings. The van der Waals surface area contributed by atoms with E-state index < -0.39 is 0 Å². The van der Waals surface area contributed by atoms with E-state index in [9.17, 15) is 0 Å². The fourth-order valence-corrected chi connectivity index (χ4v) is 5.86. The molecule has 86 valence electrons. The van der Waals surface area contributed by atoms with E-state index in [1.165, 1.54) is 12.8 Å². The Bertz CT molecular complexity index is 231. The van der Waals surface area contributed by atoms with Crippen LogP contribution in [-0.2, 0) is 0 Å². The van der Waals surface area contributed by atoms with Crippen LogP contribution >= 0.6 is 0 Å². The van der Waals surface area contributed by atoms with Crippen LogP contribution in [0.25, 0.3) is 0 Å². The summed E-state index contributed by atoms with van der Waals surface area (Å²) in [5.74, 6) is 8.49. The maximum Gasteiger partial charge on any atom is -0.0324 e. The predicted octanol–water partition coefficient (Wildman–Crippen LogP) is 4.21. The van der Waals surface area contributed by atoms with Crippen LogP contribution in [0.5, 0.6) is 0 Å². The summed E-state index contributed by atoms with van der Waals surface area (Å²) in [6, 6.07) is 0. The van der Waals surface area contributed by atoms with E-state index in [1.807, 2.05) is 0 Å². The lowest BCUT2D eigenvalue weighted by Gasteiger charge is -2.26. The predicted molar refractivity (Wildman–Crippen MR) is 64.5 cm³/mol. The molecule has 0 aromatic rings. The standard InChI is InChI=1S/C15H26/c1-8-5-10(3)14-12(8)7-13-9(2)6-11(4)15(13)14/h8-15H,5-7H2,1-4H3. The Morgan fingerprint density at radius 1 is 0.533 bits per heavy atom. The fraction of sp³-hybridized carbons (Fsp3) is 1.00. The van der Waals surface area contributed by atoms with Crippen molar-refractivity contribution in [2.75, 3.05) is 0 Å². The van der Waals surface area contributed by atoms with Gasteiger partial charge in [0.15, 0.2) is 0 Å². The van der Waals surface area contributed by atoms with Crippen LogP contribution in [0.1, 0.15) is 47.0 Å². The van der Waals surface area contributed by atoms with Crippen molar-refractivity contribution in [2.24, 2.45) is 47.3 Å². The van der Waals surface area contributed by atoms with Gasteiger partial charge in [0.25, 0.3) is 0 Å². The first-order valence-corrected chi connectivity index (χ1v) is 7.09. The van der Waals surface area contributed by atoms with Crippen molar-refractivity contribution < 1.29 is 0 Å². The highest BCUT2D eigenvalue weighted by Crippen LogP contribution is 2.63. The van der Waals surface area contributed by atoms with E-state index in [-0.39, 0.29) is 0 Å². The molecule has 0 radical (unpaired) electrons. The second-order valence-corrected chi connectivity index (χ2v) is 7.10. The van der Waals surface area contributed by atoms with Crippen LogP contribution in [0.15, 0.2) is 0 Å². The third-order valence-electron chi connectivity index (χ3n) is 6.24. The van der Waals surface area contributed by atoms with Gasteiger partial charge in [0.05, 0.1) is 0 Å². The van der Waals surface area contributed by atoms with Gasteiger partial charge in [0.2, 0.25) is 0 Å². The molecule has 0 N–H and O–H groups in total. The Labute approximate surface area is 94.8 Å². The molecule has 0 nitrogen and oxygen atoms in total. The zero-order chi connectivity index (χ0) is 10.7. The highest BCUT2D eigenvalue weighted by atomic mass is 14.6. The molecule has 3 rings (SSSR count). The van der Waals surface area contributed by atoms with Gasteiger partial charge in [-0.05, 0) is 66.6 Å². The van der Waals surface area contributed by atoms with Gasteiger partial charge in [-0.3, -0.25) is 0 Å². The molecule has 0 heterocycles. The van der Waals surface area contributed by atoms with Crippen molar-refractivity contribution in [1.82, 2.24) is 0 Å². The van der Waals surface area contributed by atoms with Crippen molar-refractivity contribution in [3.8, 4) is 0 Å². The molecule has 3 fully saturated rings. The zero-order valence-corrected chi connectivity index (χ0v) is 10.7. The summed E-state index contributed by atoms with van der Waals surface area (Å²) in [6.45, 7) is 10.1. The van der Waals surface area contributed by atoms with Gasteiger partial charge >= 0.3 is 0 Å². The molecule has 0 aliphatic heterocycles.